The summed E-state index contributed by atoms with van der Waals surface area (Å²) in [4.78, 5) is 18.8. The van der Waals surface area contributed by atoms with E-state index in [1.165, 1.54) is 5.69 Å². The van der Waals surface area contributed by atoms with Crippen molar-refractivity contribution in [3.8, 4) is 0 Å². The van der Waals surface area contributed by atoms with E-state index in [-0.39, 0.29) is 5.91 Å². The molecule has 0 unspecified atom stereocenters. The van der Waals surface area contributed by atoms with Gasteiger partial charge in [-0.15, -0.1) is 10.2 Å². The zero-order chi connectivity index (χ0) is 19.9. The van der Waals surface area contributed by atoms with Crippen LogP contribution in [-0.2, 0) is 0 Å². The topological polar surface area (TPSA) is 64.6 Å². The Balaban J connectivity index is 1.57. The third-order valence-corrected chi connectivity index (χ3v) is 5.09. The van der Waals surface area contributed by atoms with E-state index in [4.69, 9.17) is 0 Å². The van der Waals surface area contributed by atoms with Crippen molar-refractivity contribution >= 4 is 23.1 Å². The molecule has 1 aromatic carbocycles. The maximum atomic E-state index is 12.3. The fourth-order valence-electron chi connectivity index (χ4n) is 3.17. The summed E-state index contributed by atoms with van der Waals surface area (Å²) < 4.78 is 0. The van der Waals surface area contributed by atoms with E-state index in [1.807, 2.05) is 12.1 Å². The summed E-state index contributed by atoms with van der Waals surface area (Å²) in [5.74, 6) is 0.532. The van der Waals surface area contributed by atoms with Crippen LogP contribution >= 0.6 is 0 Å². The van der Waals surface area contributed by atoms with Gasteiger partial charge in [0.1, 0.15) is 0 Å². The molecule has 0 atom stereocenters. The van der Waals surface area contributed by atoms with Gasteiger partial charge in [0.15, 0.2) is 11.5 Å². The first-order valence-corrected chi connectivity index (χ1v) is 9.96. The second-order valence-electron chi connectivity index (χ2n) is 7.35. The first-order valence-electron chi connectivity index (χ1n) is 9.96. The number of amides is 1. The molecule has 2 heterocycles. The molecular weight excluding hydrogens is 352 g/mol. The van der Waals surface area contributed by atoms with Crippen molar-refractivity contribution in [2.24, 2.45) is 0 Å². The number of likely N-dealkylation sites (N-methyl/N-ethyl adjacent to an activating group) is 1. The smallest absolute Gasteiger partial charge is 0.274 e. The average Bonchev–Trinajstić information content (AvgIpc) is 2.73. The molecule has 150 valence electrons. The van der Waals surface area contributed by atoms with Gasteiger partial charge in [-0.2, -0.15) is 0 Å². The van der Waals surface area contributed by atoms with E-state index in [0.29, 0.717) is 11.5 Å². The molecule has 0 radical (unpaired) electrons. The van der Waals surface area contributed by atoms with Crippen LogP contribution in [0.25, 0.3) is 0 Å². The maximum absolute atomic E-state index is 12.3. The average molecular weight is 383 g/mol. The number of rotatable bonds is 7. The van der Waals surface area contributed by atoms with Crippen molar-refractivity contribution in [2.75, 3.05) is 57.0 Å². The number of carbonyl (C=O) groups excluding carboxylic acids is 1. The number of carbonyl (C=O) groups is 1. The van der Waals surface area contributed by atoms with E-state index >= 15 is 0 Å². The van der Waals surface area contributed by atoms with E-state index in [1.54, 1.807) is 24.1 Å². The zero-order valence-electron chi connectivity index (χ0n) is 17.1. The minimum atomic E-state index is -0.0935. The van der Waals surface area contributed by atoms with Crippen LogP contribution < -0.4 is 10.2 Å². The molecule has 0 spiro atoms. The largest absolute Gasteiger partial charge is 0.369 e. The number of aromatic nitrogens is 2. The highest BCUT2D eigenvalue weighted by atomic mass is 16.2. The zero-order valence-corrected chi connectivity index (χ0v) is 17.1. The number of nitrogens with zero attached hydrogens (tertiary/aromatic N) is 5. The van der Waals surface area contributed by atoms with Crippen LogP contribution in [0.15, 0.2) is 36.4 Å². The summed E-state index contributed by atoms with van der Waals surface area (Å²) in [6.45, 7) is 7.13. The first-order chi connectivity index (χ1) is 13.6. The van der Waals surface area contributed by atoms with Gasteiger partial charge < -0.3 is 20.0 Å². The Labute approximate surface area is 167 Å². The summed E-state index contributed by atoms with van der Waals surface area (Å²) >= 11 is 0. The Kier molecular flexibility index (Phi) is 6.81. The van der Waals surface area contributed by atoms with Gasteiger partial charge in [-0.1, -0.05) is 13.3 Å². The predicted molar refractivity (Wildman–Crippen MR) is 113 cm³/mol. The van der Waals surface area contributed by atoms with Crippen molar-refractivity contribution < 1.29 is 4.79 Å². The van der Waals surface area contributed by atoms with Crippen LogP contribution in [-0.4, -0.2) is 72.7 Å². The monoisotopic (exact) mass is 382 g/mol. The minimum absolute atomic E-state index is 0.0935. The molecule has 1 amide bonds. The molecular formula is C21H30N6O. The Morgan fingerprint density at radius 1 is 1.07 bits per heavy atom. The van der Waals surface area contributed by atoms with Crippen molar-refractivity contribution in [3.05, 3.63) is 42.1 Å². The molecule has 0 saturated carbocycles. The fourth-order valence-corrected chi connectivity index (χ4v) is 3.17. The predicted octanol–water partition coefficient (Wildman–Crippen LogP) is 2.84. The quantitative estimate of drug-likeness (QED) is 0.794. The molecule has 1 N–H and O–H groups in total. The van der Waals surface area contributed by atoms with Gasteiger partial charge in [0.25, 0.3) is 5.91 Å². The van der Waals surface area contributed by atoms with Gasteiger partial charge in [-0.05, 0) is 49.9 Å². The Bertz CT molecular complexity index is 753. The highest BCUT2D eigenvalue weighted by Gasteiger charge is 2.15. The first kappa shape index (κ1) is 20.1. The van der Waals surface area contributed by atoms with E-state index in [9.17, 15) is 4.79 Å². The van der Waals surface area contributed by atoms with Crippen molar-refractivity contribution in [1.29, 1.82) is 0 Å². The molecule has 1 fully saturated rings. The van der Waals surface area contributed by atoms with E-state index in [2.05, 4.69) is 51.4 Å². The molecule has 0 bridgehead atoms. The molecule has 28 heavy (non-hydrogen) atoms. The van der Waals surface area contributed by atoms with Gasteiger partial charge in [-0.3, -0.25) is 4.79 Å². The number of hydrogen-bond acceptors (Lipinski definition) is 6. The number of anilines is 3. The fraction of sp³-hybridized carbons (Fsp3) is 0.476. The molecule has 2 aromatic rings. The second-order valence-corrected chi connectivity index (χ2v) is 7.35. The third-order valence-electron chi connectivity index (χ3n) is 5.09. The molecule has 7 heteroatoms. The molecule has 1 aromatic heterocycles. The summed E-state index contributed by atoms with van der Waals surface area (Å²) in [5.41, 5.74) is 2.56. The lowest BCUT2D eigenvalue weighted by atomic mass is 10.2. The summed E-state index contributed by atoms with van der Waals surface area (Å²) in [5, 5.41) is 11.5. The van der Waals surface area contributed by atoms with E-state index < -0.39 is 0 Å². The SMILES string of the molecule is CCCCN(C)C(=O)c1ccc(Nc2ccc(N3CCN(C)CC3)cc2)nn1. The van der Waals surface area contributed by atoms with Crippen LogP contribution in [0.1, 0.15) is 30.3 Å². The van der Waals surface area contributed by atoms with Gasteiger partial charge in [-0.25, -0.2) is 0 Å². The molecule has 0 aliphatic carbocycles. The van der Waals surface area contributed by atoms with Crippen molar-refractivity contribution in [2.45, 2.75) is 19.8 Å². The van der Waals surface area contributed by atoms with Crippen LogP contribution in [0.5, 0.6) is 0 Å². The Morgan fingerprint density at radius 2 is 1.79 bits per heavy atom. The van der Waals surface area contributed by atoms with Gasteiger partial charge in [0.05, 0.1) is 0 Å². The third kappa shape index (κ3) is 5.19. The lowest BCUT2D eigenvalue weighted by molar-refractivity contribution is 0.0786. The number of piperazine rings is 1. The molecule has 1 aliphatic heterocycles. The summed E-state index contributed by atoms with van der Waals surface area (Å²) in [6, 6.07) is 11.9. The Hall–Kier alpha value is -2.67. The molecule has 1 aliphatic rings. The molecule has 1 saturated heterocycles. The van der Waals surface area contributed by atoms with Gasteiger partial charge >= 0.3 is 0 Å². The van der Waals surface area contributed by atoms with Crippen LogP contribution in [0.4, 0.5) is 17.2 Å². The van der Waals surface area contributed by atoms with Crippen molar-refractivity contribution in [3.63, 3.8) is 0 Å². The lowest BCUT2D eigenvalue weighted by Gasteiger charge is -2.34. The van der Waals surface area contributed by atoms with E-state index in [0.717, 1.165) is 51.3 Å². The lowest BCUT2D eigenvalue weighted by Crippen LogP contribution is -2.44. The second kappa shape index (κ2) is 9.50. The molecule has 3 rings (SSSR count). The standard InChI is InChI=1S/C21H30N6O/c1-4-5-12-26(3)21(28)19-10-11-20(24-23-19)22-17-6-8-18(9-7-17)27-15-13-25(2)14-16-27/h6-11H,4-5,12-16H2,1-3H3,(H,22,24). The number of nitrogens with one attached hydrogen (secondary N) is 1. The summed E-state index contributed by atoms with van der Waals surface area (Å²) in [6.07, 6.45) is 2.04. The normalized spacial score (nSPS) is 14.8. The number of unbranched alkanes of at least 4 members (excludes halogenated alkanes) is 1. The summed E-state index contributed by atoms with van der Waals surface area (Å²) in [7, 11) is 3.96. The minimum Gasteiger partial charge on any atom is -0.369 e. The number of hydrogen-bond donors (Lipinski definition) is 1. The molecule has 7 nitrogen and oxygen atoms in total. The van der Waals surface area contributed by atoms with Gasteiger partial charge in [0, 0.05) is 51.1 Å². The van der Waals surface area contributed by atoms with Crippen LogP contribution in [0.2, 0.25) is 0 Å². The maximum Gasteiger partial charge on any atom is 0.274 e. The Morgan fingerprint density at radius 3 is 2.39 bits per heavy atom. The van der Waals surface area contributed by atoms with Crippen LogP contribution in [0.3, 0.4) is 0 Å². The highest BCUT2D eigenvalue weighted by molar-refractivity contribution is 5.92. The number of benzene rings is 1. The van der Waals surface area contributed by atoms with Gasteiger partial charge in [0.2, 0.25) is 0 Å². The van der Waals surface area contributed by atoms with Crippen molar-refractivity contribution in [1.82, 2.24) is 20.0 Å². The van der Waals surface area contributed by atoms with Crippen LogP contribution in [0, 0.1) is 0 Å². The highest BCUT2D eigenvalue weighted by Crippen LogP contribution is 2.21.